The Bertz CT molecular complexity index is 3110. The highest BCUT2D eigenvalue weighted by Gasteiger charge is 2.38. The van der Waals surface area contributed by atoms with Gasteiger partial charge in [0.1, 0.15) is 34.4 Å². The Morgan fingerprint density at radius 1 is 0.256 bits per heavy atom. The topological polar surface area (TPSA) is 136 Å². The first-order valence-electron chi connectivity index (χ1n) is 32.7. The molecule has 8 aliphatic heterocycles. The standard InChI is InChI=1S/2C17H21FN4.2C17H22N4/c2*18-14-8-6-13(7-9-14)15-12-22(20-19-15)17-5-3-11-21-10-2-1-4-16(17)21;2*1-2-7-14(8-3-1)15-13-21(19-18-15)17-10-6-12-20-11-5-4-9-16(17)20/h2*6-9,12,16-17H,1-5,10-11H2;2*1-3,7-8,13,16-17H,4-6,9-12H2/t16-,17+;16-,17-;16-,17+;16-,17-/m0101/s1. The molecule has 4 aromatic carbocycles. The zero-order valence-corrected chi connectivity index (χ0v) is 50.0. The van der Waals surface area contributed by atoms with E-state index < -0.39 is 0 Å². The van der Waals surface area contributed by atoms with Crippen LogP contribution in [0.3, 0.4) is 0 Å². The smallest absolute Gasteiger partial charge is 0.123 e. The van der Waals surface area contributed by atoms with Gasteiger partial charge in [0, 0.05) is 46.4 Å². The molecule has 8 aromatic rings. The molecule has 8 fully saturated rings. The molecule has 16 nitrogen and oxygen atoms in total. The third kappa shape index (κ3) is 13.6. The second kappa shape index (κ2) is 27.9. The molecule has 0 radical (unpaired) electrons. The van der Waals surface area contributed by atoms with Gasteiger partial charge in [-0.25, -0.2) is 27.5 Å². The van der Waals surface area contributed by atoms with Gasteiger partial charge in [0.25, 0.3) is 0 Å². The summed E-state index contributed by atoms with van der Waals surface area (Å²) < 4.78 is 34.4. The van der Waals surface area contributed by atoms with E-state index in [0.717, 1.165) is 45.0 Å². The molecule has 86 heavy (non-hydrogen) atoms. The van der Waals surface area contributed by atoms with Crippen molar-refractivity contribution in [2.45, 2.75) is 177 Å². The van der Waals surface area contributed by atoms with E-state index in [1.807, 2.05) is 33.9 Å². The van der Waals surface area contributed by atoms with Gasteiger partial charge in [0.05, 0.1) is 49.0 Å². The van der Waals surface area contributed by atoms with Crippen molar-refractivity contribution in [3.8, 4) is 45.0 Å². The van der Waals surface area contributed by atoms with Crippen LogP contribution in [0, 0.1) is 11.6 Å². The van der Waals surface area contributed by atoms with Gasteiger partial charge in [-0.15, -0.1) is 20.4 Å². The van der Waals surface area contributed by atoms with Crippen LogP contribution in [0.4, 0.5) is 8.78 Å². The molecule has 8 saturated heterocycles. The lowest BCUT2D eigenvalue weighted by Gasteiger charge is -2.44. The molecule has 0 spiro atoms. The van der Waals surface area contributed by atoms with Crippen molar-refractivity contribution in [1.29, 1.82) is 0 Å². The van der Waals surface area contributed by atoms with Crippen LogP contribution in [-0.4, -0.2) is 156 Å². The maximum absolute atomic E-state index is 13.0. The van der Waals surface area contributed by atoms with Gasteiger partial charge in [-0.1, -0.05) is 107 Å². The SMILES string of the molecule is Fc1ccc(-c2cn([C@@H]3CCCN4CCCC[C@@H]34)nn2)cc1.Fc1ccc(-c2cn([C@@H]3CCCN4CCCC[C@H]34)nn2)cc1.c1ccc(-c2cn([C@@H]3CCCN4CCCC[C@@H]34)nn2)cc1.c1ccc(-c2cn([C@@H]3CCCN4CCCC[C@H]34)nn2)cc1. The van der Waals surface area contributed by atoms with Crippen molar-refractivity contribution in [3.63, 3.8) is 0 Å². The number of hydrogen-bond acceptors (Lipinski definition) is 12. The number of fused-ring (bicyclic) bond motifs is 4. The molecule has 4 aromatic heterocycles. The molecular formula is C68H86F2N16. The number of nitrogens with zero attached hydrogens (tertiary/aromatic N) is 16. The van der Waals surface area contributed by atoms with Crippen LogP contribution in [0.1, 0.15) is 153 Å². The van der Waals surface area contributed by atoms with Crippen LogP contribution in [0.25, 0.3) is 45.0 Å². The molecule has 0 aliphatic carbocycles. The molecule has 0 amide bonds. The number of aromatic nitrogens is 12. The summed E-state index contributed by atoms with van der Waals surface area (Å²) in [7, 11) is 0. The molecule has 18 heteroatoms. The van der Waals surface area contributed by atoms with Crippen molar-refractivity contribution < 1.29 is 8.78 Å². The molecule has 0 bridgehead atoms. The number of hydrogen-bond donors (Lipinski definition) is 0. The summed E-state index contributed by atoms with van der Waals surface area (Å²) in [4.78, 5) is 10.6. The highest BCUT2D eigenvalue weighted by atomic mass is 19.1. The van der Waals surface area contributed by atoms with E-state index in [4.69, 9.17) is 0 Å². The summed E-state index contributed by atoms with van der Waals surface area (Å²) in [6, 6.07) is 38.0. The normalized spacial score (nSPS) is 26.2. The summed E-state index contributed by atoms with van der Waals surface area (Å²) in [5, 5.41) is 35.0. The summed E-state index contributed by atoms with van der Waals surface area (Å²) in [5.41, 5.74) is 7.78. The molecule has 8 atom stereocenters. The summed E-state index contributed by atoms with van der Waals surface area (Å²) in [5.74, 6) is -0.442. The van der Waals surface area contributed by atoms with Crippen LogP contribution in [0.5, 0.6) is 0 Å². The average Bonchev–Trinajstić information content (AvgIpc) is 4.62. The van der Waals surface area contributed by atoms with Crippen molar-refractivity contribution in [2.75, 3.05) is 52.4 Å². The second-order valence-corrected chi connectivity index (χ2v) is 25.3. The predicted molar refractivity (Wildman–Crippen MR) is 332 cm³/mol. The summed E-state index contributed by atoms with van der Waals surface area (Å²) in [6.45, 7) is 9.95. The Balaban J connectivity index is 0.000000106. The van der Waals surface area contributed by atoms with Crippen molar-refractivity contribution >= 4 is 0 Å². The minimum atomic E-state index is -0.221. The van der Waals surface area contributed by atoms with Crippen molar-refractivity contribution in [3.05, 3.63) is 146 Å². The quantitative estimate of drug-likeness (QED) is 0.143. The molecule has 452 valence electrons. The molecule has 0 unspecified atom stereocenters. The molecule has 8 aliphatic rings. The van der Waals surface area contributed by atoms with E-state index in [-0.39, 0.29) is 11.6 Å². The van der Waals surface area contributed by atoms with E-state index in [0.29, 0.717) is 48.3 Å². The Morgan fingerprint density at radius 2 is 0.488 bits per heavy atom. The highest BCUT2D eigenvalue weighted by Crippen LogP contribution is 2.38. The number of benzene rings is 4. The zero-order chi connectivity index (χ0) is 58.0. The van der Waals surface area contributed by atoms with E-state index in [1.165, 1.54) is 205 Å². The van der Waals surface area contributed by atoms with Crippen molar-refractivity contribution in [2.24, 2.45) is 0 Å². The van der Waals surface area contributed by atoms with Crippen LogP contribution in [-0.2, 0) is 0 Å². The van der Waals surface area contributed by atoms with E-state index in [1.54, 1.807) is 24.3 Å². The summed E-state index contributed by atoms with van der Waals surface area (Å²) in [6.07, 6.45) is 34.0. The molecular weight excluding hydrogens is 1080 g/mol. The maximum Gasteiger partial charge on any atom is 0.123 e. The Hall–Kier alpha value is -6.86. The second-order valence-electron chi connectivity index (χ2n) is 25.3. The van der Waals surface area contributed by atoms with Gasteiger partial charge in [-0.05, 0) is 204 Å². The Labute approximate surface area is 505 Å². The predicted octanol–water partition coefficient (Wildman–Crippen LogP) is 12.8. The van der Waals surface area contributed by atoms with Gasteiger partial charge in [-0.3, -0.25) is 19.6 Å². The lowest BCUT2D eigenvalue weighted by Crippen LogP contribution is -2.48. The summed E-state index contributed by atoms with van der Waals surface area (Å²) >= 11 is 0. The van der Waals surface area contributed by atoms with Crippen LogP contribution in [0.2, 0.25) is 0 Å². The van der Waals surface area contributed by atoms with Crippen LogP contribution < -0.4 is 0 Å². The number of piperidine rings is 8. The minimum Gasteiger partial charge on any atom is -0.298 e. The zero-order valence-electron chi connectivity index (χ0n) is 50.0. The highest BCUT2D eigenvalue weighted by molar-refractivity contribution is 5.59. The molecule has 12 heterocycles. The maximum atomic E-state index is 13.0. The third-order valence-corrected chi connectivity index (χ3v) is 20.0. The fourth-order valence-corrected chi connectivity index (χ4v) is 15.7. The molecule has 16 rings (SSSR count). The Kier molecular flexibility index (Phi) is 18.9. The van der Waals surface area contributed by atoms with Gasteiger partial charge < -0.3 is 0 Å². The van der Waals surface area contributed by atoms with Gasteiger partial charge in [0.15, 0.2) is 0 Å². The monoisotopic (exact) mass is 1160 g/mol. The van der Waals surface area contributed by atoms with Crippen LogP contribution in [0.15, 0.2) is 134 Å². The van der Waals surface area contributed by atoms with E-state index in [2.05, 4.69) is 131 Å². The van der Waals surface area contributed by atoms with E-state index >= 15 is 0 Å². The lowest BCUT2D eigenvalue weighted by atomic mass is 9.89. The first kappa shape index (κ1) is 58.2. The van der Waals surface area contributed by atoms with Crippen molar-refractivity contribution in [1.82, 2.24) is 79.6 Å². The Morgan fingerprint density at radius 3 is 0.756 bits per heavy atom. The van der Waals surface area contributed by atoms with Gasteiger partial charge in [-0.2, -0.15) is 0 Å². The largest absolute Gasteiger partial charge is 0.298 e. The first-order chi connectivity index (χ1) is 42.5. The van der Waals surface area contributed by atoms with Gasteiger partial charge >= 0.3 is 0 Å². The fourth-order valence-electron chi connectivity index (χ4n) is 15.7. The van der Waals surface area contributed by atoms with Gasteiger partial charge in [0.2, 0.25) is 0 Å². The number of rotatable bonds is 8. The number of halogens is 2. The third-order valence-electron chi connectivity index (χ3n) is 20.0. The average molecular weight is 1170 g/mol. The first-order valence-corrected chi connectivity index (χ1v) is 32.7. The van der Waals surface area contributed by atoms with E-state index in [9.17, 15) is 8.78 Å². The minimum absolute atomic E-state index is 0.221. The molecule has 0 saturated carbocycles. The lowest BCUT2D eigenvalue weighted by molar-refractivity contribution is 0.0587. The fraction of sp³-hybridized carbons (Fsp3) is 0.529. The molecule has 0 N–H and O–H groups in total. The van der Waals surface area contributed by atoms with Crippen LogP contribution >= 0.6 is 0 Å².